The Morgan fingerprint density at radius 1 is 1.29 bits per heavy atom. The highest BCUT2D eigenvalue weighted by Crippen LogP contribution is 2.10. The molecule has 102 valence electrons. The van der Waals surface area contributed by atoms with Crippen molar-refractivity contribution in [3.8, 4) is 0 Å². The van der Waals surface area contributed by atoms with Crippen molar-refractivity contribution in [3.05, 3.63) is 0 Å². The van der Waals surface area contributed by atoms with Crippen LogP contribution in [0.3, 0.4) is 0 Å². The highest BCUT2D eigenvalue weighted by atomic mass is 16.5. The largest absolute Gasteiger partial charge is 0.380 e. The van der Waals surface area contributed by atoms with Crippen LogP contribution in [0, 0.1) is 5.92 Å². The first-order chi connectivity index (χ1) is 8.22. The van der Waals surface area contributed by atoms with Crippen molar-refractivity contribution in [2.45, 2.75) is 46.1 Å². The molecule has 1 heterocycles. The zero-order valence-electron chi connectivity index (χ0n) is 11.9. The van der Waals surface area contributed by atoms with E-state index in [2.05, 4.69) is 31.0 Å². The van der Waals surface area contributed by atoms with Crippen molar-refractivity contribution >= 4 is 0 Å². The summed E-state index contributed by atoms with van der Waals surface area (Å²) in [5.41, 5.74) is 0. The van der Waals surface area contributed by atoms with E-state index in [9.17, 15) is 0 Å². The maximum absolute atomic E-state index is 5.59. The molecular weight excluding hydrogens is 212 g/mol. The monoisotopic (exact) mass is 242 g/mol. The summed E-state index contributed by atoms with van der Waals surface area (Å²) in [4.78, 5) is 2.55. The smallest absolute Gasteiger partial charge is 0.0591 e. The number of nitrogens with zero attached hydrogens (tertiary/aromatic N) is 1. The third kappa shape index (κ3) is 7.02. The summed E-state index contributed by atoms with van der Waals surface area (Å²) in [5.74, 6) is 0.644. The van der Waals surface area contributed by atoms with Crippen LogP contribution < -0.4 is 5.32 Å². The second-order valence-electron chi connectivity index (χ2n) is 5.48. The van der Waals surface area contributed by atoms with Gasteiger partial charge in [0.1, 0.15) is 0 Å². The first kappa shape index (κ1) is 14.9. The lowest BCUT2D eigenvalue weighted by Crippen LogP contribution is -2.33. The summed E-state index contributed by atoms with van der Waals surface area (Å²) >= 11 is 0. The molecule has 0 radical (unpaired) electrons. The first-order valence-electron chi connectivity index (χ1n) is 7.25. The minimum absolute atomic E-state index is 0.644. The van der Waals surface area contributed by atoms with E-state index in [-0.39, 0.29) is 0 Å². The van der Waals surface area contributed by atoms with E-state index in [1.54, 1.807) is 0 Å². The van der Waals surface area contributed by atoms with Crippen LogP contribution in [0.1, 0.15) is 40.0 Å². The van der Waals surface area contributed by atoms with E-state index in [0.717, 1.165) is 19.8 Å². The van der Waals surface area contributed by atoms with Gasteiger partial charge < -0.3 is 15.0 Å². The van der Waals surface area contributed by atoms with Crippen LogP contribution in [0.2, 0.25) is 0 Å². The fourth-order valence-electron chi connectivity index (χ4n) is 2.33. The molecule has 0 aliphatic carbocycles. The van der Waals surface area contributed by atoms with E-state index in [1.807, 2.05) is 0 Å². The van der Waals surface area contributed by atoms with Gasteiger partial charge in [0.2, 0.25) is 0 Å². The number of hydrogen-bond acceptors (Lipinski definition) is 3. The average Bonchev–Trinajstić information content (AvgIpc) is 2.53. The maximum Gasteiger partial charge on any atom is 0.0591 e. The molecule has 1 unspecified atom stereocenters. The molecule has 1 N–H and O–H groups in total. The molecule has 0 amide bonds. The van der Waals surface area contributed by atoms with E-state index in [0.29, 0.717) is 12.0 Å². The molecular formula is C14H30N2O. The molecule has 0 aromatic carbocycles. The van der Waals surface area contributed by atoms with Gasteiger partial charge in [-0.1, -0.05) is 20.8 Å². The van der Waals surface area contributed by atoms with Crippen LogP contribution in [0.5, 0.6) is 0 Å². The van der Waals surface area contributed by atoms with Crippen molar-refractivity contribution in [2.24, 2.45) is 5.92 Å². The molecule has 1 saturated heterocycles. The summed E-state index contributed by atoms with van der Waals surface area (Å²) in [6.45, 7) is 13.1. The maximum atomic E-state index is 5.59. The molecule has 1 fully saturated rings. The number of rotatable bonds is 7. The van der Waals surface area contributed by atoms with Gasteiger partial charge in [0.15, 0.2) is 0 Å². The van der Waals surface area contributed by atoms with Gasteiger partial charge in [-0.3, -0.25) is 0 Å². The van der Waals surface area contributed by atoms with E-state index < -0.39 is 0 Å². The van der Waals surface area contributed by atoms with Gasteiger partial charge in [-0.05, 0) is 44.8 Å². The molecule has 0 aromatic heterocycles. The lowest BCUT2D eigenvalue weighted by Gasteiger charge is -2.18. The molecule has 1 aliphatic rings. The molecule has 0 spiro atoms. The van der Waals surface area contributed by atoms with Crippen LogP contribution in [0.25, 0.3) is 0 Å². The third-order valence-electron chi connectivity index (χ3n) is 3.40. The van der Waals surface area contributed by atoms with Crippen molar-refractivity contribution < 1.29 is 4.74 Å². The van der Waals surface area contributed by atoms with Crippen molar-refractivity contribution in [3.63, 3.8) is 0 Å². The zero-order chi connectivity index (χ0) is 12.5. The minimum Gasteiger partial charge on any atom is -0.380 e. The van der Waals surface area contributed by atoms with Gasteiger partial charge >= 0.3 is 0 Å². The number of hydrogen-bond donors (Lipinski definition) is 1. The van der Waals surface area contributed by atoms with Gasteiger partial charge in [-0.2, -0.15) is 0 Å². The van der Waals surface area contributed by atoms with Gasteiger partial charge in [0.25, 0.3) is 0 Å². The van der Waals surface area contributed by atoms with Crippen molar-refractivity contribution in [2.75, 3.05) is 39.4 Å². The Balaban J connectivity index is 2.03. The summed E-state index contributed by atoms with van der Waals surface area (Å²) < 4.78 is 5.59. The van der Waals surface area contributed by atoms with Gasteiger partial charge in [0.05, 0.1) is 6.61 Å². The molecule has 0 bridgehead atoms. The van der Waals surface area contributed by atoms with Crippen LogP contribution >= 0.6 is 0 Å². The molecule has 0 saturated carbocycles. The predicted octanol–water partition coefficient (Wildman–Crippen LogP) is 2.12. The zero-order valence-corrected chi connectivity index (χ0v) is 11.9. The lowest BCUT2D eigenvalue weighted by atomic mass is 10.1. The average molecular weight is 242 g/mol. The molecule has 3 heteroatoms. The van der Waals surface area contributed by atoms with Crippen LogP contribution in [0.15, 0.2) is 0 Å². The Morgan fingerprint density at radius 3 is 2.82 bits per heavy atom. The van der Waals surface area contributed by atoms with Crippen molar-refractivity contribution in [1.29, 1.82) is 0 Å². The van der Waals surface area contributed by atoms with Gasteiger partial charge in [-0.15, -0.1) is 0 Å². The quantitative estimate of drug-likeness (QED) is 0.692. The lowest BCUT2D eigenvalue weighted by molar-refractivity contribution is 0.109. The Bertz CT molecular complexity index is 185. The normalized spacial score (nSPS) is 22.9. The van der Waals surface area contributed by atoms with Crippen LogP contribution in [0.4, 0.5) is 0 Å². The second kappa shape index (κ2) is 8.90. The molecule has 1 atom stereocenters. The molecule has 17 heavy (non-hydrogen) atoms. The van der Waals surface area contributed by atoms with E-state index in [1.165, 1.54) is 38.9 Å². The standard InChI is InChI=1S/C14H30N2O/c1-4-16-9-5-6-14(7-10-16)15-8-11-17-12-13(2)3/h13-15H,4-12H2,1-3H3. The van der Waals surface area contributed by atoms with Gasteiger partial charge in [-0.25, -0.2) is 0 Å². The fraction of sp³-hybridized carbons (Fsp3) is 1.00. The Labute approximate surface area is 107 Å². The second-order valence-corrected chi connectivity index (χ2v) is 5.48. The Hall–Kier alpha value is -0.120. The van der Waals surface area contributed by atoms with Gasteiger partial charge in [0, 0.05) is 19.2 Å². The number of ether oxygens (including phenoxy) is 1. The summed E-state index contributed by atoms with van der Waals surface area (Å²) in [6, 6.07) is 0.703. The number of nitrogens with one attached hydrogen (secondary N) is 1. The Morgan fingerprint density at radius 2 is 2.12 bits per heavy atom. The van der Waals surface area contributed by atoms with E-state index in [4.69, 9.17) is 4.74 Å². The first-order valence-corrected chi connectivity index (χ1v) is 7.25. The molecule has 3 nitrogen and oxygen atoms in total. The topological polar surface area (TPSA) is 24.5 Å². The third-order valence-corrected chi connectivity index (χ3v) is 3.40. The molecule has 1 rings (SSSR count). The SMILES string of the molecule is CCN1CCCC(NCCOCC(C)C)CC1. The number of likely N-dealkylation sites (tertiary alicyclic amines) is 1. The Kier molecular flexibility index (Phi) is 7.82. The molecule has 0 aromatic rings. The van der Waals surface area contributed by atoms with Crippen LogP contribution in [-0.2, 0) is 4.74 Å². The van der Waals surface area contributed by atoms with Crippen LogP contribution in [-0.4, -0.2) is 50.3 Å². The summed E-state index contributed by atoms with van der Waals surface area (Å²) in [6.07, 6.45) is 3.94. The minimum atomic E-state index is 0.644. The highest BCUT2D eigenvalue weighted by Gasteiger charge is 2.14. The highest BCUT2D eigenvalue weighted by molar-refractivity contribution is 4.74. The van der Waals surface area contributed by atoms with E-state index >= 15 is 0 Å². The fourth-order valence-corrected chi connectivity index (χ4v) is 2.33. The predicted molar refractivity (Wildman–Crippen MR) is 73.4 cm³/mol. The van der Waals surface area contributed by atoms with Crippen molar-refractivity contribution in [1.82, 2.24) is 10.2 Å². The summed E-state index contributed by atoms with van der Waals surface area (Å²) in [5, 5.41) is 3.63. The molecule has 1 aliphatic heterocycles. The summed E-state index contributed by atoms with van der Waals surface area (Å²) in [7, 11) is 0.